The van der Waals surface area contributed by atoms with Gasteiger partial charge in [0.25, 0.3) is 0 Å². The number of ketones is 1. The van der Waals surface area contributed by atoms with Crippen molar-refractivity contribution < 1.29 is 23.8 Å². The van der Waals surface area contributed by atoms with Gasteiger partial charge in [-0.1, -0.05) is 0 Å². The minimum atomic E-state index is -0.637. The lowest BCUT2D eigenvalue weighted by Gasteiger charge is -2.32. The highest BCUT2D eigenvalue weighted by Crippen LogP contribution is 2.32. The van der Waals surface area contributed by atoms with Crippen molar-refractivity contribution in [3.8, 4) is 11.5 Å². The van der Waals surface area contributed by atoms with E-state index in [1.165, 1.54) is 4.90 Å². The van der Waals surface area contributed by atoms with E-state index >= 15 is 0 Å². The molecule has 0 N–H and O–H groups in total. The number of Topliss-reactive ketones (excluding diaryl/α,β-unsaturated/α-hetero) is 1. The molecule has 1 fully saturated rings. The third-order valence-corrected chi connectivity index (χ3v) is 5.13. The van der Waals surface area contributed by atoms with Crippen LogP contribution >= 0.6 is 0 Å². The van der Waals surface area contributed by atoms with Crippen molar-refractivity contribution in [3.63, 3.8) is 0 Å². The molecule has 0 unspecified atom stereocenters. The van der Waals surface area contributed by atoms with Crippen molar-refractivity contribution in [2.45, 2.75) is 13.0 Å². The number of carbonyl (C=O) groups is 2. The van der Waals surface area contributed by atoms with Crippen LogP contribution in [-0.4, -0.2) is 92.8 Å². The summed E-state index contributed by atoms with van der Waals surface area (Å²) >= 11 is 0. The summed E-state index contributed by atoms with van der Waals surface area (Å²) in [5.41, 5.74) is 0.476. The molecule has 1 atom stereocenters. The molecule has 2 heterocycles. The summed E-state index contributed by atoms with van der Waals surface area (Å²) in [4.78, 5) is 30.8. The van der Waals surface area contributed by atoms with E-state index in [4.69, 9.17) is 14.2 Å². The lowest BCUT2D eigenvalue weighted by atomic mass is 10.0. The van der Waals surface area contributed by atoms with Crippen LogP contribution in [0, 0.1) is 0 Å². The molecule has 0 radical (unpaired) electrons. The van der Waals surface area contributed by atoms with Crippen LogP contribution in [0.1, 0.15) is 17.3 Å². The molecule has 1 aromatic carbocycles. The average Bonchev–Trinajstić information content (AvgIpc) is 3.15. The number of likely N-dealkylation sites (N-methyl/N-ethyl adjacent to an activating group) is 2. The maximum atomic E-state index is 12.7. The molecule has 2 aliphatic heterocycles. The largest absolute Gasteiger partial charge is 0.454 e. The zero-order chi connectivity index (χ0) is 19.4. The molecule has 0 aromatic heterocycles. The van der Waals surface area contributed by atoms with E-state index in [0.29, 0.717) is 30.2 Å². The number of amides is 1. The fourth-order valence-corrected chi connectivity index (χ4v) is 3.06. The standard InChI is InChI=1S/C19H27N3O5/c1-14(18(23)15-4-5-16-17(12-15)27-13-26-16)21(3)19(24)25-11-10-22-8-6-20(2)7-9-22/h4-5,12,14H,6-11,13H2,1-3H3/t14-/m1/s1. The molecule has 3 rings (SSSR count). The summed E-state index contributed by atoms with van der Waals surface area (Å²) in [6.45, 7) is 6.86. The molecule has 27 heavy (non-hydrogen) atoms. The molecule has 2 aliphatic rings. The van der Waals surface area contributed by atoms with Gasteiger partial charge in [-0.3, -0.25) is 9.69 Å². The first kappa shape index (κ1) is 19.4. The Morgan fingerprint density at radius 2 is 1.89 bits per heavy atom. The van der Waals surface area contributed by atoms with E-state index in [1.807, 2.05) is 0 Å². The number of hydrogen-bond donors (Lipinski definition) is 0. The number of nitrogens with zero attached hydrogens (tertiary/aromatic N) is 3. The Labute approximate surface area is 159 Å². The van der Waals surface area contributed by atoms with Gasteiger partial charge in [0.15, 0.2) is 17.3 Å². The summed E-state index contributed by atoms with van der Waals surface area (Å²) in [6, 6.07) is 4.39. The van der Waals surface area contributed by atoms with Gasteiger partial charge in [0.05, 0.1) is 6.04 Å². The van der Waals surface area contributed by atoms with Gasteiger partial charge in [-0.05, 0) is 32.2 Å². The van der Waals surface area contributed by atoms with Crippen molar-refractivity contribution in [3.05, 3.63) is 23.8 Å². The van der Waals surface area contributed by atoms with E-state index in [9.17, 15) is 9.59 Å². The summed E-state index contributed by atoms with van der Waals surface area (Å²) in [5, 5.41) is 0. The number of piperazine rings is 1. The monoisotopic (exact) mass is 377 g/mol. The molecule has 0 saturated carbocycles. The highest BCUT2D eigenvalue weighted by Gasteiger charge is 2.26. The molecule has 8 nitrogen and oxygen atoms in total. The van der Waals surface area contributed by atoms with Crippen LogP contribution in [0.3, 0.4) is 0 Å². The molecular weight excluding hydrogens is 350 g/mol. The first-order valence-corrected chi connectivity index (χ1v) is 9.20. The van der Waals surface area contributed by atoms with Gasteiger partial charge in [-0.2, -0.15) is 0 Å². The van der Waals surface area contributed by atoms with Crippen molar-refractivity contribution in [2.24, 2.45) is 0 Å². The second kappa shape index (κ2) is 8.58. The third-order valence-electron chi connectivity index (χ3n) is 5.13. The Hall–Kier alpha value is -2.32. The van der Waals surface area contributed by atoms with Crippen LogP contribution in [-0.2, 0) is 4.74 Å². The lowest BCUT2D eigenvalue weighted by molar-refractivity contribution is 0.0679. The van der Waals surface area contributed by atoms with Gasteiger partial charge in [0, 0.05) is 45.3 Å². The first-order valence-electron chi connectivity index (χ1n) is 9.20. The second-order valence-corrected chi connectivity index (χ2v) is 6.98. The Kier molecular flexibility index (Phi) is 6.18. The fourth-order valence-electron chi connectivity index (χ4n) is 3.06. The van der Waals surface area contributed by atoms with Crippen LogP contribution in [0.25, 0.3) is 0 Å². The van der Waals surface area contributed by atoms with Crippen LogP contribution in [0.2, 0.25) is 0 Å². The molecule has 0 aliphatic carbocycles. The summed E-state index contributed by atoms with van der Waals surface area (Å²) in [5.74, 6) is 0.994. The molecule has 1 amide bonds. The SMILES string of the molecule is C[C@H](C(=O)c1ccc2c(c1)OCO2)N(C)C(=O)OCCN1CCN(C)CC1. The van der Waals surface area contributed by atoms with Gasteiger partial charge in [0.2, 0.25) is 6.79 Å². The van der Waals surface area contributed by atoms with Crippen molar-refractivity contribution >= 4 is 11.9 Å². The van der Waals surface area contributed by atoms with Crippen LogP contribution < -0.4 is 9.47 Å². The number of rotatable bonds is 6. The molecule has 1 saturated heterocycles. The van der Waals surface area contributed by atoms with Crippen LogP contribution in [0.5, 0.6) is 11.5 Å². The van der Waals surface area contributed by atoms with Crippen molar-refractivity contribution in [2.75, 3.05) is 60.2 Å². The average molecular weight is 377 g/mol. The minimum Gasteiger partial charge on any atom is -0.454 e. The fraction of sp³-hybridized carbons (Fsp3) is 0.579. The number of hydrogen-bond acceptors (Lipinski definition) is 7. The Morgan fingerprint density at radius 3 is 2.63 bits per heavy atom. The van der Waals surface area contributed by atoms with E-state index < -0.39 is 12.1 Å². The van der Waals surface area contributed by atoms with E-state index in [-0.39, 0.29) is 12.6 Å². The minimum absolute atomic E-state index is 0.155. The quantitative estimate of drug-likeness (QED) is 0.692. The van der Waals surface area contributed by atoms with Crippen LogP contribution in [0.15, 0.2) is 18.2 Å². The molecule has 148 valence electrons. The molecule has 8 heteroatoms. The predicted octanol–water partition coefficient (Wildman–Crippen LogP) is 1.30. The summed E-state index contributed by atoms with van der Waals surface area (Å²) in [7, 11) is 3.68. The molecule has 0 bridgehead atoms. The van der Waals surface area contributed by atoms with Gasteiger partial charge in [-0.15, -0.1) is 0 Å². The maximum Gasteiger partial charge on any atom is 0.410 e. The van der Waals surface area contributed by atoms with Gasteiger partial charge in [-0.25, -0.2) is 4.79 Å². The van der Waals surface area contributed by atoms with E-state index in [2.05, 4.69) is 16.8 Å². The normalized spacial score (nSPS) is 18.2. The topological polar surface area (TPSA) is 71.5 Å². The van der Waals surface area contributed by atoms with Crippen molar-refractivity contribution in [1.82, 2.24) is 14.7 Å². The van der Waals surface area contributed by atoms with E-state index in [0.717, 1.165) is 26.2 Å². The van der Waals surface area contributed by atoms with E-state index in [1.54, 1.807) is 32.2 Å². The Bertz CT molecular complexity index is 688. The second-order valence-electron chi connectivity index (χ2n) is 6.98. The first-order chi connectivity index (χ1) is 13.0. The smallest absolute Gasteiger partial charge is 0.410 e. The molecular formula is C19H27N3O5. The lowest BCUT2D eigenvalue weighted by Crippen LogP contribution is -2.46. The van der Waals surface area contributed by atoms with Gasteiger partial charge < -0.3 is 24.0 Å². The van der Waals surface area contributed by atoms with Crippen LogP contribution in [0.4, 0.5) is 4.79 Å². The van der Waals surface area contributed by atoms with Crippen molar-refractivity contribution in [1.29, 1.82) is 0 Å². The molecule has 1 aromatic rings. The number of fused-ring (bicyclic) bond motifs is 1. The van der Waals surface area contributed by atoms with Gasteiger partial charge in [0.1, 0.15) is 6.61 Å². The molecule has 0 spiro atoms. The maximum absolute atomic E-state index is 12.7. The summed E-state index contributed by atoms with van der Waals surface area (Å²) < 4.78 is 15.9. The third kappa shape index (κ3) is 4.70. The Balaban J connectivity index is 1.48. The number of ether oxygens (including phenoxy) is 3. The highest BCUT2D eigenvalue weighted by atomic mass is 16.7. The zero-order valence-corrected chi connectivity index (χ0v) is 16.1. The number of carbonyl (C=O) groups excluding carboxylic acids is 2. The highest BCUT2D eigenvalue weighted by molar-refractivity contribution is 6.01. The number of benzene rings is 1. The Morgan fingerprint density at radius 1 is 1.19 bits per heavy atom. The zero-order valence-electron chi connectivity index (χ0n) is 16.1. The predicted molar refractivity (Wildman–Crippen MR) is 99.4 cm³/mol. The summed E-state index contributed by atoms with van der Waals surface area (Å²) in [6.07, 6.45) is -0.495. The van der Waals surface area contributed by atoms with Gasteiger partial charge >= 0.3 is 6.09 Å².